The van der Waals surface area contributed by atoms with Gasteiger partial charge in [0.05, 0.1) is 22.7 Å². The third-order valence-corrected chi connectivity index (χ3v) is 5.52. The van der Waals surface area contributed by atoms with Gasteiger partial charge in [-0.1, -0.05) is 30.3 Å². The maximum Gasteiger partial charge on any atom is 0.340 e. The van der Waals surface area contributed by atoms with Crippen LogP contribution < -0.4 is 10.2 Å². The quantitative estimate of drug-likeness (QED) is 0.527. The van der Waals surface area contributed by atoms with Gasteiger partial charge in [0.25, 0.3) is 11.8 Å². The number of carbonyl (C=O) groups excluding carboxylic acids is 3. The third-order valence-electron chi connectivity index (χ3n) is 4.65. The molecule has 1 N–H and O–H groups in total. The fourth-order valence-electron chi connectivity index (χ4n) is 3.11. The van der Waals surface area contributed by atoms with E-state index in [1.807, 2.05) is 30.5 Å². The summed E-state index contributed by atoms with van der Waals surface area (Å²) in [6, 6.07) is 17.6. The summed E-state index contributed by atoms with van der Waals surface area (Å²) in [6.45, 7) is 4.63. The minimum Gasteiger partial charge on any atom is -0.462 e. The van der Waals surface area contributed by atoms with Gasteiger partial charge in [-0.2, -0.15) is 0 Å². The molecule has 1 aromatic heterocycles. The van der Waals surface area contributed by atoms with Crippen molar-refractivity contribution in [3.63, 3.8) is 0 Å². The minimum absolute atomic E-state index is 0.122. The molecule has 2 amide bonds. The first-order valence-electron chi connectivity index (χ1n) is 10.0. The summed E-state index contributed by atoms with van der Waals surface area (Å²) in [7, 11) is 0. The molecule has 160 valence electrons. The Morgan fingerprint density at radius 1 is 0.968 bits per heavy atom. The molecule has 0 saturated heterocycles. The molecule has 0 fully saturated rings. The maximum atomic E-state index is 13.1. The molecular formula is C24H24N2O4S. The molecule has 0 saturated carbocycles. The molecule has 2 aromatic carbocycles. The lowest BCUT2D eigenvalue weighted by atomic mass is 10.1. The van der Waals surface area contributed by atoms with E-state index in [1.165, 1.54) is 11.3 Å². The van der Waals surface area contributed by atoms with Crippen LogP contribution in [0.15, 0.2) is 66.0 Å². The Balaban J connectivity index is 1.73. The molecule has 7 heteroatoms. The normalized spacial score (nSPS) is 10.4. The van der Waals surface area contributed by atoms with Crippen molar-refractivity contribution < 1.29 is 19.1 Å². The summed E-state index contributed by atoms with van der Waals surface area (Å²) in [5.74, 6) is -0.794. The van der Waals surface area contributed by atoms with Crippen molar-refractivity contribution in [2.75, 3.05) is 18.1 Å². The van der Waals surface area contributed by atoms with Crippen LogP contribution in [0.3, 0.4) is 0 Å². The van der Waals surface area contributed by atoms with Crippen LogP contribution in [-0.4, -0.2) is 30.9 Å². The van der Waals surface area contributed by atoms with E-state index >= 15 is 0 Å². The number of ether oxygens (including phenoxy) is 1. The average Bonchev–Trinajstić information content (AvgIpc) is 3.34. The lowest BCUT2D eigenvalue weighted by molar-refractivity contribution is 0.0527. The highest BCUT2D eigenvalue weighted by molar-refractivity contribution is 7.12. The highest BCUT2D eigenvalue weighted by Crippen LogP contribution is 2.23. The SMILES string of the molecule is CCOC(=O)c1ccccc1N(CC)C(=O)c1ccc(CNC(=O)c2cccs2)cc1. The first-order valence-corrected chi connectivity index (χ1v) is 10.9. The predicted octanol–water partition coefficient (Wildman–Crippen LogP) is 4.52. The molecule has 0 spiro atoms. The number of para-hydroxylation sites is 1. The number of anilines is 1. The van der Waals surface area contributed by atoms with E-state index < -0.39 is 5.97 Å². The largest absolute Gasteiger partial charge is 0.462 e. The van der Waals surface area contributed by atoms with Crippen LogP contribution in [0.1, 0.15) is 49.8 Å². The zero-order valence-corrected chi connectivity index (χ0v) is 18.3. The molecule has 6 nitrogen and oxygen atoms in total. The number of rotatable bonds is 8. The average molecular weight is 437 g/mol. The Morgan fingerprint density at radius 3 is 2.35 bits per heavy atom. The van der Waals surface area contributed by atoms with Gasteiger partial charge in [0.15, 0.2) is 0 Å². The van der Waals surface area contributed by atoms with Gasteiger partial charge < -0.3 is 15.0 Å². The number of thiophene rings is 1. The fourth-order valence-corrected chi connectivity index (χ4v) is 3.75. The maximum absolute atomic E-state index is 13.1. The summed E-state index contributed by atoms with van der Waals surface area (Å²) < 4.78 is 5.13. The van der Waals surface area contributed by atoms with Crippen LogP contribution >= 0.6 is 11.3 Å². The van der Waals surface area contributed by atoms with E-state index in [4.69, 9.17) is 4.74 Å². The smallest absolute Gasteiger partial charge is 0.340 e. The molecule has 0 aliphatic carbocycles. The van der Waals surface area contributed by atoms with Gasteiger partial charge in [-0.05, 0) is 55.1 Å². The van der Waals surface area contributed by atoms with E-state index in [9.17, 15) is 14.4 Å². The first kappa shape index (κ1) is 22.2. The Kier molecular flexibility index (Phi) is 7.56. The Hall–Kier alpha value is -3.45. The summed E-state index contributed by atoms with van der Waals surface area (Å²) in [5.41, 5.74) is 2.25. The molecule has 0 bridgehead atoms. The highest BCUT2D eigenvalue weighted by atomic mass is 32.1. The minimum atomic E-state index is -0.457. The van der Waals surface area contributed by atoms with Crippen LogP contribution in [0.25, 0.3) is 0 Å². The number of hydrogen-bond acceptors (Lipinski definition) is 5. The van der Waals surface area contributed by atoms with Gasteiger partial charge in [-0.15, -0.1) is 11.3 Å². The second-order valence-corrected chi connectivity index (χ2v) is 7.59. The lowest BCUT2D eigenvalue weighted by Crippen LogP contribution is -2.32. The molecule has 1 heterocycles. The number of carbonyl (C=O) groups is 3. The molecule has 3 rings (SSSR count). The lowest BCUT2D eigenvalue weighted by Gasteiger charge is -2.23. The van der Waals surface area contributed by atoms with Crippen molar-refractivity contribution in [2.24, 2.45) is 0 Å². The van der Waals surface area contributed by atoms with Crippen molar-refractivity contribution in [1.82, 2.24) is 5.32 Å². The molecule has 0 aliphatic rings. The summed E-state index contributed by atoms with van der Waals surface area (Å²) in [5, 5.41) is 4.72. The zero-order valence-electron chi connectivity index (χ0n) is 17.5. The zero-order chi connectivity index (χ0) is 22.2. The van der Waals surface area contributed by atoms with Crippen LogP contribution in [-0.2, 0) is 11.3 Å². The number of hydrogen-bond donors (Lipinski definition) is 1. The molecule has 0 radical (unpaired) electrons. The van der Waals surface area contributed by atoms with Crippen LogP contribution in [0.2, 0.25) is 0 Å². The fraction of sp³-hybridized carbons (Fsp3) is 0.208. The molecule has 31 heavy (non-hydrogen) atoms. The monoisotopic (exact) mass is 436 g/mol. The van der Waals surface area contributed by atoms with E-state index in [2.05, 4.69) is 5.32 Å². The Labute approximate surface area is 185 Å². The summed E-state index contributed by atoms with van der Waals surface area (Å²) in [4.78, 5) is 39.7. The summed E-state index contributed by atoms with van der Waals surface area (Å²) in [6.07, 6.45) is 0. The van der Waals surface area contributed by atoms with E-state index in [0.717, 1.165) is 5.56 Å². The molecule has 0 atom stereocenters. The van der Waals surface area contributed by atoms with Crippen molar-refractivity contribution in [3.05, 3.63) is 87.6 Å². The van der Waals surface area contributed by atoms with Crippen molar-refractivity contribution in [2.45, 2.75) is 20.4 Å². The number of nitrogens with one attached hydrogen (secondary N) is 1. The van der Waals surface area contributed by atoms with Gasteiger partial charge >= 0.3 is 5.97 Å². The number of esters is 1. The predicted molar refractivity (Wildman–Crippen MR) is 122 cm³/mol. The van der Waals surface area contributed by atoms with E-state index in [-0.39, 0.29) is 18.4 Å². The standard InChI is InChI=1S/C24H24N2O4S/c1-3-26(20-9-6-5-8-19(20)24(29)30-4-2)23(28)18-13-11-17(12-14-18)16-25-22(27)21-10-7-15-31-21/h5-15H,3-4,16H2,1-2H3,(H,25,27). The van der Waals surface area contributed by atoms with Gasteiger partial charge in [0.2, 0.25) is 0 Å². The highest BCUT2D eigenvalue weighted by Gasteiger charge is 2.22. The topological polar surface area (TPSA) is 75.7 Å². The van der Waals surface area contributed by atoms with E-state index in [0.29, 0.717) is 34.8 Å². The van der Waals surface area contributed by atoms with Crippen molar-refractivity contribution in [3.8, 4) is 0 Å². The van der Waals surface area contributed by atoms with Crippen molar-refractivity contribution in [1.29, 1.82) is 0 Å². The molecule has 0 aliphatic heterocycles. The van der Waals surface area contributed by atoms with Crippen LogP contribution in [0.5, 0.6) is 0 Å². The second kappa shape index (κ2) is 10.5. The second-order valence-electron chi connectivity index (χ2n) is 6.64. The van der Waals surface area contributed by atoms with Gasteiger partial charge in [0.1, 0.15) is 0 Å². The van der Waals surface area contributed by atoms with Crippen LogP contribution in [0.4, 0.5) is 5.69 Å². The Bertz CT molecular complexity index is 1050. The van der Waals surface area contributed by atoms with Crippen molar-refractivity contribution >= 4 is 34.8 Å². The first-order chi connectivity index (χ1) is 15.0. The Morgan fingerprint density at radius 2 is 1.71 bits per heavy atom. The van der Waals surface area contributed by atoms with Gasteiger partial charge in [-0.3, -0.25) is 9.59 Å². The number of nitrogens with zero attached hydrogens (tertiary/aromatic N) is 1. The van der Waals surface area contributed by atoms with Crippen LogP contribution in [0, 0.1) is 0 Å². The van der Waals surface area contributed by atoms with E-state index in [1.54, 1.807) is 54.3 Å². The number of amides is 2. The summed E-state index contributed by atoms with van der Waals surface area (Å²) >= 11 is 1.39. The molecule has 0 unspecified atom stereocenters. The van der Waals surface area contributed by atoms with Gasteiger partial charge in [0, 0.05) is 18.7 Å². The molecular weight excluding hydrogens is 412 g/mol. The molecule has 3 aromatic rings. The number of benzene rings is 2. The third kappa shape index (κ3) is 5.38. The van der Waals surface area contributed by atoms with Gasteiger partial charge in [-0.25, -0.2) is 4.79 Å².